The summed E-state index contributed by atoms with van der Waals surface area (Å²) in [6.07, 6.45) is 0. The summed E-state index contributed by atoms with van der Waals surface area (Å²) in [6.45, 7) is 8.87. The smallest absolute Gasteiger partial charge is 0.0366 e. The molecular weight excluding hydrogens is 210 g/mol. The van der Waals surface area contributed by atoms with Gasteiger partial charge in [0.15, 0.2) is 0 Å². The van der Waals surface area contributed by atoms with Crippen LogP contribution in [0.4, 0.5) is 5.69 Å². The van der Waals surface area contributed by atoms with E-state index in [-0.39, 0.29) is 0 Å². The summed E-state index contributed by atoms with van der Waals surface area (Å²) >= 11 is 0. The molecule has 0 aromatic heterocycles. The zero-order valence-electron chi connectivity index (χ0n) is 10.9. The topological polar surface area (TPSA) is 18.5 Å². The average Bonchev–Trinajstić information content (AvgIpc) is 2.39. The summed E-state index contributed by atoms with van der Waals surface area (Å²) in [7, 11) is 2.14. The molecule has 1 aliphatic heterocycles. The quantitative estimate of drug-likeness (QED) is 0.851. The molecule has 0 atom stereocenters. The third kappa shape index (κ3) is 3.45. The van der Waals surface area contributed by atoms with Crippen LogP contribution in [0.2, 0.25) is 0 Å². The summed E-state index contributed by atoms with van der Waals surface area (Å²) in [4.78, 5) is 4.79. The summed E-state index contributed by atoms with van der Waals surface area (Å²) in [5.74, 6) is 0. The van der Waals surface area contributed by atoms with Gasteiger partial charge < -0.3 is 10.2 Å². The molecule has 0 bridgehead atoms. The van der Waals surface area contributed by atoms with Gasteiger partial charge in [-0.1, -0.05) is 12.1 Å². The van der Waals surface area contributed by atoms with Crippen molar-refractivity contribution in [2.75, 3.05) is 44.7 Å². The molecule has 1 aliphatic rings. The third-order valence-electron chi connectivity index (χ3n) is 3.44. The zero-order valence-corrected chi connectivity index (χ0v) is 10.9. The Balaban J connectivity index is 2.00. The van der Waals surface area contributed by atoms with Crippen LogP contribution < -0.4 is 10.2 Å². The molecule has 1 aromatic rings. The largest absolute Gasteiger partial charge is 0.375 e. The number of anilines is 1. The molecule has 0 saturated carbocycles. The summed E-state index contributed by atoms with van der Waals surface area (Å²) in [5.41, 5.74) is 2.74. The average molecular weight is 233 g/mol. The van der Waals surface area contributed by atoms with E-state index in [1.165, 1.54) is 11.3 Å². The van der Waals surface area contributed by atoms with Crippen LogP contribution in [-0.4, -0.2) is 44.7 Å². The molecule has 0 radical (unpaired) electrons. The van der Waals surface area contributed by atoms with Crippen LogP contribution >= 0.6 is 0 Å². The van der Waals surface area contributed by atoms with E-state index in [1.807, 2.05) is 0 Å². The van der Waals surface area contributed by atoms with Crippen LogP contribution in [0.5, 0.6) is 0 Å². The van der Waals surface area contributed by atoms with Gasteiger partial charge in [-0.05, 0) is 24.6 Å². The highest BCUT2D eigenvalue weighted by Crippen LogP contribution is 2.16. The van der Waals surface area contributed by atoms with Gasteiger partial charge >= 0.3 is 0 Å². The van der Waals surface area contributed by atoms with Gasteiger partial charge in [-0.3, -0.25) is 4.90 Å². The highest BCUT2D eigenvalue weighted by molar-refractivity contribution is 5.47. The van der Waals surface area contributed by atoms with Crippen molar-refractivity contribution in [3.05, 3.63) is 29.8 Å². The maximum absolute atomic E-state index is 3.39. The Morgan fingerprint density at radius 2 is 2.06 bits per heavy atom. The fourth-order valence-electron chi connectivity index (χ4n) is 2.20. The van der Waals surface area contributed by atoms with Gasteiger partial charge in [-0.2, -0.15) is 0 Å². The fourth-order valence-corrected chi connectivity index (χ4v) is 2.20. The number of benzene rings is 1. The molecule has 0 amide bonds. The maximum Gasteiger partial charge on any atom is 0.0366 e. The molecule has 1 saturated heterocycles. The maximum atomic E-state index is 3.39. The molecule has 17 heavy (non-hydrogen) atoms. The van der Waals surface area contributed by atoms with Crippen LogP contribution in [0.1, 0.15) is 12.5 Å². The van der Waals surface area contributed by atoms with E-state index >= 15 is 0 Å². The van der Waals surface area contributed by atoms with Crippen molar-refractivity contribution < 1.29 is 0 Å². The van der Waals surface area contributed by atoms with Crippen LogP contribution in [0.15, 0.2) is 24.3 Å². The van der Waals surface area contributed by atoms with Crippen molar-refractivity contribution in [2.24, 2.45) is 0 Å². The van der Waals surface area contributed by atoms with E-state index in [2.05, 4.69) is 53.4 Å². The second-order valence-corrected chi connectivity index (χ2v) is 4.71. The van der Waals surface area contributed by atoms with Crippen LogP contribution in [0.3, 0.4) is 0 Å². The van der Waals surface area contributed by atoms with E-state index < -0.39 is 0 Å². The van der Waals surface area contributed by atoms with Gasteiger partial charge in [-0.25, -0.2) is 0 Å². The highest BCUT2D eigenvalue weighted by atomic mass is 15.2. The first-order valence-corrected chi connectivity index (χ1v) is 6.52. The minimum Gasteiger partial charge on any atom is -0.375 e. The first-order valence-electron chi connectivity index (χ1n) is 6.52. The van der Waals surface area contributed by atoms with Gasteiger partial charge in [0.1, 0.15) is 0 Å². The van der Waals surface area contributed by atoms with Crippen LogP contribution in [-0.2, 0) is 6.54 Å². The summed E-state index contributed by atoms with van der Waals surface area (Å²) < 4.78 is 0. The lowest BCUT2D eigenvalue weighted by molar-refractivity contribution is 0.233. The number of nitrogens with zero attached hydrogens (tertiary/aromatic N) is 2. The van der Waals surface area contributed by atoms with E-state index in [4.69, 9.17) is 0 Å². The van der Waals surface area contributed by atoms with Crippen molar-refractivity contribution in [1.29, 1.82) is 0 Å². The van der Waals surface area contributed by atoms with Gasteiger partial charge in [-0.15, -0.1) is 0 Å². The molecule has 1 heterocycles. The molecule has 2 rings (SSSR count). The number of hydrogen-bond donors (Lipinski definition) is 1. The summed E-state index contributed by atoms with van der Waals surface area (Å²) in [6, 6.07) is 8.89. The number of rotatable bonds is 4. The normalized spacial score (nSPS) is 17.1. The van der Waals surface area contributed by atoms with E-state index in [0.29, 0.717) is 0 Å². The lowest BCUT2D eigenvalue weighted by Crippen LogP contribution is -2.42. The number of piperazine rings is 1. The molecule has 0 aliphatic carbocycles. The van der Waals surface area contributed by atoms with E-state index in [9.17, 15) is 0 Å². The molecule has 1 aromatic carbocycles. The monoisotopic (exact) mass is 233 g/mol. The molecule has 3 heteroatoms. The van der Waals surface area contributed by atoms with Crippen LogP contribution in [0, 0.1) is 0 Å². The minimum atomic E-state index is 1.05. The van der Waals surface area contributed by atoms with E-state index in [0.717, 1.165) is 39.3 Å². The molecule has 3 nitrogen and oxygen atoms in total. The number of hydrogen-bond acceptors (Lipinski definition) is 3. The SMILES string of the molecule is CCN(C)c1cccc(CN2CCNCC2)c1. The predicted molar refractivity (Wildman–Crippen MR) is 73.5 cm³/mol. The lowest BCUT2D eigenvalue weighted by Gasteiger charge is -2.27. The van der Waals surface area contributed by atoms with Gasteiger partial charge in [0.05, 0.1) is 0 Å². The number of nitrogens with one attached hydrogen (secondary N) is 1. The first kappa shape index (κ1) is 12.4. The Labute approximate surface area is 104 Å². The second kappa shape index (κ2) is 6.03. The molecule has 94 valence electrons. The third-order valence-corrected chi connectivity index (χ3v) is 3.44. The van der Waals surface area contributed by atoms with Crippen molar-refractivity contribution in [3.63, 3.8) is 0 Å². The standard InChI is InChI=1S/C14H23N3/c1-3-16(2)14-6-4-5-13(11-14)12-17-9-7-15-8-10-17/h4-6,11,15H,3,7-10,12H2,1-2H3. The Morgan fingerprint density at radius 1 is 1.29 bits per heavy atom. The van der Waals surface area contributed by atoms with Gasteiger partial charge in [0.2, 0.25) is 0 Å². The molecule has 0 spiro atoms. The summed E-state index contributed by atoms with van der Waals surface area (Å²) in [5, 5.41) is 3.39. The molecular formula is C14H23N3. The fraction of sp³-hybridized carbons (Fsp3) is 0.571. The minimum absolute atomic E-state index is 1.05. The van der Waals surface area contributed by atoms with Crippen LogP contribution in [0.25, 0.3) is 0 Å². The van der Waals surface area contributed by atoms with Gasteiger partial charge in [0.25, 0.3) is 0 Å². The van der Waals surface area contributed by atoms with Crippen molar-refractivity contribution >= 4 is 5.69 Å². The Morgan fingerprint density at radius 3 is 2.76 bits per heavy atom. The lowest BCUT2D eigenvalue weighted by atomic mass is 10.1. The van der Waals surface area contributed by atoms with Crippen molar-refractivity contribution in [1.82, 2.24) is 10.2 Å². The van der Waals surface area contributed by atoms with E-state index in [1.54, 1.807) is 0 Å². The first-order chi connectivity index (χ1) is 8.29. The predicted octanol–water partition coefficient (Wildman–Crippen LogP) is 1.55. The second-order valence-electron chi connectivity index (χ2n) is 4.71. The Hall–Kier alpha value is -1.06. The highest BCUT2D eigenvalue weighted by Gasteiger charge is 2.10. The molecule has 0 unspecified atom stereocenters. The van der Waals surface area contributed by atoms with Crippen molar-refractivity contribution in [3.8, 4) is 0 Å². The molecule has 1 fully saturated rings. The molecule has 1 N–H and O–H groups in total. The van der Waals surface area contributed by atoms with Crippen molar-refractivity contribution in [2.45, 2.75) is 13.5 Å². The Bertz CT molecular complexity index is 345. The zero-order chi connectivity index (χ0) is 12.1. The Kier molecular flexibility index (Phi) is 4.40. The van der Waals surface area contributed by atoms with Gasteiger partial charge in [0, 0.05) is 52.0 Å².